The molecule has 0 spiro atoms. The molecule has 2 fully saturated rings. The van der Waals surface area contributed by atoms with Gasteiger partial charge in [-0.1, -0.05) is 6.42 Å². The van der Waals surface area contributed by atoms with Gasteiger partial charge in [0.2, 0.25) is 0 Å². The van der Waals surface area contributed by atoms with Gasteiger partial charge in [-0.05, 0) is 25.7 Å². The van der Waals surface area contributed by atoms with E-state index in [-0.39, 0.29) is 5.92 Å². The normalized spacial score (nSPS) is 35.3. The lowest BCUT2D eigenvalue weighted by Gasteiger charge is -2.39. The highest BCUT2D eigenvalue weighted by Crippen LogP contribution is 2.46. The van der Waals surface area contributed by atoms with Crippen LogP contribution in [-0.2, 0) is 9.53 Å². The smallest absolute Gasteiger partial charge is 0.310 e. The SMILES string of the molecule is O=C(O)C1(C2CCCC2O)CCOCC1. The molecule has 15 heavy (non-hydrogen) atoms. The molecule has 0 amide bonds. The summed E-state index contributed by atoms with van der Waals surface area (Å²) >= 11 is 0. The Bertz CT molecular complexity index is 245. The zero-order valence-electron chi connectivity index (χ0n) is 8.82. The minimum Gasteiger partial charge on any atom is -0.481 e. The predicted molar refractivity (Wildman–Crippen MR) is 53.5 cm³/mol. The number of ether oxygens (including phenoxy) is 1. The molecule has 2 unspecified atom stereocenters. The summed E-state index contributed by atoms with van der Waals surface area (Å²) in [6.45, 7) is 1.02. The Morgan fingerprint density at radius 3 is 2.40 bits per heavy atom. The second kappa shape index (κ2) is 4.10. The number of carboxylic acids is 1. The molecule has 2 aliphatic rings. The molecule has 0 aromatic heterocycles. The first-order valence-electron chi connectivity index (χ1n) is 5.66. The van der Waals surface area contributed by atoms with Crippen LogP contribution in [0.25, 0.3) is 0 Å². The first-order chi connectivity index (χ1) is 7.17. The van der Waals surface area contributed by atoms with Crippen LogP contribution in [0.1, 0.15) is 32.1 Å². The lowest BCUT2D eigenvalue weighted by Crippen LogP contribution is -2.46. The molecular formula is C11H18O4. The van der Waals surface area contributed by atoms with Gasteiger partial charge in [0.1, 0.15) is 0 Å². The summed E-state index contributed by atoms with van der Waals surface area (Å²) in [7, 11) is 0. The van der Waals surface area contributed by atoms with Gasteiger partial charge in [0.25, 0.3) is 0 Å². The van der Waals surface area contributed by atoms with Gasteiger partial charge in [0.15, 0.2) is 0 Å². The molecule has 86 valence electrons. The van der Waals surface area contributed by atoms with Gasteiger partial charge in [-0.2, -0.15) is 0 Å². The number of rotatable bonds is 2. The van der Waals surface area contributed by atoms with E-state index < -0.39 is 17.5 Å². The van der Waals surface area contributed by atoms with Crippen LogP contribution in [0.2, 0.25) is 0 Å². The van der Waals surface area contributed by atoms with Crippen LogP contribution in [-0.4, -0.2) is 35.5 Å². The highest BCUT2D eigenvalue weighted by atomic mass is 16.5. The van der Waals surface area contributed by atoms with Crippen LogP contribution in [0.4, 0.5) is 0 Å². The van der Waals surface area contributed by atoms with Crippen molar-refractivity contribution in [3.05, 3.63) is 0 Å². The van der Waals surface area contributed by atoms with Crippen LogP contribution in [0.3, 0.4) is 0 Å². The summed E-state index contributed by atoms with van der Waals surface area (Å²) in [4.78, 5) is 11.4. The van der Waals surface area contributed by atoms with E-state index in [2.05, 4.69) is 0 Å². The quantitative estimate of drug-likeness (QED) is 0.720. The second-order valence-electron chi connectivity index (χ2n) is 4.68. The zero-order valence-corrected chi connectivity index (χ0v) is 8.82. The lowest BCUT2D eigenvalue weighted by molar-refractivity contribution is -0.163. The van der Waals surface area contributed by atoms with Crippen molar-refractivity contribution in [2.45, 2.75) is 38.2 Å². The number of carboxylic acid groups (broad SMARTS) is 1. The third-order valence-corrected chi connectivity index (χ3v) is 4.00. The van der Waals surface area contributed by atoms with Crippen molar-refractivity contribution < 1.29 is 19.7 Å². The third-order valence-electron chi connectivity index (χ3n) is 4.00. The topological polar surface area (TPSA) is 66.8 Å². The van der Waals surface area contributed by atoms with Crippen LogP contribution < -0.4 is 0 Å². The number of carbonyl (C=O) groups is 1. The molecule has 1 aliphatic heterocycles. The van der Waals surface area contributed by atoms with Crippen molar-refractivity contribution in [1.29, 1.82) is 0 Å². The van der Waals surface area contributed by atoms with Gasteiger partial charge in [-0.25, -0.2) is 0 Å². The van der Waals surface area contributed by atoms with E-state index >= 15 is 0 Å². The third kappa shape index (κ3) is 1.76. The standard InChI is InChI=1S/C11H18O4/c12-9-3-1-2-8(9)11(10(13)14)4-6-15-7-5-11/h8-9,12H,1-7H2,(H,13,14). The van der Waals surface area contributed by atoms with Gasteiger partial charge in [-0.3, -0.25) is 4.79 Å². The molecule has 2 atom stereocenters. The monoisotopic (exact) mass is 214 g/mol. The number of aliphatic hydroxyl groups is 1. The maximum Gasteiger partial charge on any atom is 0.310 e. The van der Waals surface area contributed by atoms with E-state index in [1.807, 2.05) is 0 Å². The van der Waals surface area contributed by atoms with Crippen molar-refractivity contribution in [3.63, 3.8) is 0 Å². The molecule has 1 saturated heterocycles. The summed E-state index contributed by atoms with van der Waals surface area (Å²) in [5, 5.41) is 19.3. The number of aliphatic hydroxyl groups excluding tert-OH is 1. The molecule has 4 heteroatoms. The van der Waals surface area contributed by atoms with Crippen molar-refractivity contribution in [2.24, 2.45) is 11.3 Å². The molecule has 1 aliphatic carbocycles. The molecular weight excluding hydrogens is 196 g/mol. The van der Waals surface area contributed by atoms with Crippen molar-refractivity contribution in [2.75, 3.05) is 13.2 Å². The van der Waals surface area contributed by atoms with E-state index in [9.17, 15) is 15.0 Å². The second-order valence-corrected chi connectivity index (χ2v) is 4.68. The van der Waals surface area contributed by atoms with Crippen molar-refractivity contribution in [1.82, 2.24) is 0 Å². The Labute approximate surface area is 89.2 Å². The van der Waals surface area contributed by atoms with E-state index in [4.69, 9.17) is 4.74 Å². The number of aliphatic carboxylic acids is 1. The molecule has 0 bridgehead atoms. The van der Waals surface area contributed by atoms with E-state index in [1.165, 1.54) is 0 Å². The molecule has 0 radical (unpaired) electrons. The van der Waals surface area contributed by atoms with Crippen molar-refractivity contribution in [3.8, 4) is 0 Å². The fourth-order valence-electron chi connectivity index (χ4n) is 3.06. The molecule has 2 N–H and O–H groups in total. The zero-order chi connectivity index (χ0) is 10.9. The van der Waals surface area contributed by atoms with Crippen LogP contribution in [0, 0.1) is 11.3 Å². The number of hydrogen-bond acceptors (Lipinski definition) is 3. The highest BCUT2D eigenvalue weighted by Gasteiger charge is 2.50. The Morgan fingerprint density at radius 2 is 1.93 bits per heavy atom. The van der Waals surface area contributed by atoms with Crippen LogP contribution >= 0.6 is 0 Å². The molecule has 0 aromatic rings. The lowest BCUT2D eigenvalue weighted by atomic mass is 9.68. The average Bonchev–Trinajstić information content (AvgIpc) is 2.66. The molecule has 2 rings (SSSR count). The molecule has 1 heterocycles. The van der Waals surface area contributed by atoms with E-state index in [1.54, 1.807) is 0 Å². The minimum atomic E-state index is -0.753. The van der Waals surface area contributed by atoms with E-state index in [0.29, 0.717) is 26.1 Å². The van der Waals surface area contributed by atoms with Gasteiger partial charge < -0.3 is 14.9 Å². The maximum atomic E-state index is 11.4. The Balaban J connectivity index is 2.20. The van der Waals surface area contributed by atoms with Gasteiger partial charge in [0.05, 0.1) is 11.5 Å². The Kier molecular flexibility index (Phi) is 2.98. The average molecular weight is 214 g/mol. The highest BCUT2D eigenvalue weighted by molar-refractivity contribution is 5.75. The fourth-order valence-corrected chi connectivity index (χ4v) is 3.06. The molecule has 4 nitrogen and oxygen atoms in total. The van der Waals surface area contributed by atoms with Crippen LogP contribution in [0.15, 0.2) is 0 Å². The molecule has 1 saturated carbocycles. The van der Waals surface area contributed by atoms with Gasteiger partial charge in [-0.15, -0.1) is 0 Å². The van der Waals surface area contributed by atoms with Gasteiger partial charge in [0, 0.05) is 19.1 Å². The van der Waals surface area contributed by atoms with Gasteiger partial charge >= 0.3 is 5.97 Å². The predicted octanol–water partition coefficient (Wildman–Crippen LogP) is 1.03. The number of hydrogen-bond donors (Lipinski definition) is 2. The fraction of sp³-hybridized carbons (Fsp3) is 0.909. The first-order valence-corrected chi connectivity index (χ1v) is 5.66. The minimum absolute atomic E-state index is 0.0705. The summed E-state index contributed by atoms with van der Waals surface area (Å²) in [6, 6.07) is 0. The van der Waals surface area contributed by atoms with E-state index in [0.717, 1.165) is 19.3 Å². The summed E-state index contributed by atoms with van der Waals surface area (Å²) < 4.78 is 5.22. The summed E-state index contributed by atoms with van der Waals surface area (Å²) in [5.41, 5.74) is -0.728. The summed E-state index contributed by atoms with van der Waals surface area (Å²) in [5.74, 6) is -0.823. The van der Waals surface area contributed by atoms with Crippen LogP contribution in [0.5, 0.6) is 0 Å². The summed E-state index contributed by atoms with van der Waals surface area (Å²) in [6.07, 6.45) is 3.20. The molecule has 0 aromatic carbocycles. The Hall–Kier alpha value is -0.610. The largest absolute Gasteiger partial charge is 0.481 e. The first kappa shape index (κ1) is 10.9. The Morgan fingerprint density at radius 1 is 1.27 bits per heavy atom. The van der Waals surface area contributed by atoms with Crippen molar-refractivity contribution >= 4 is 5.97 Å². The maximum absolute atomic E-state index is 11.4.